The number of hydrogen-bond acceptors (Lipinski definition) is 3. The number of alkyl halides is 1. The molecule has 4 nitrogen and oxygen atoms in total. The molecule has 0 atom stereocenters. The summed E-state index contributed by atoms with van der Waals surface area (Å²) in [6.07, 6.45) is 1.20. The van der Waals surface area contributed by atoms with Crippen LogP contribution in [0.4, 0.5) is 0 Å². The zero-order valence-corrected chi connectivity index (χ0v) is 13.4. The monoisotopic (exact) mass is 317 g/mol. The van der Waals surface area contributed by atoms with Crippen LogP contribution >= 0.6 is 11.6 Å². The van der Waals surface area contributed by atoms with E-state index in [1.54, 1.807) is 13.0 Å². The number of aryl methyl sites for hydroxylation is 2. The molecule has 0 spiro atoms. The van der Waals surface area contributed by atoms with Gasteiger partial charge in [0.05, 0.1) is 10.4 Å². The van der Waals surface area contributed by atoms with E-state index >= 15 is 0 Å². The second-order valence-electron chi connectivity index (χ2n) is 5.40. The van der Waals surface area contributed by atoms with Gasteiger partial charge >= 0.3 is 0 Å². The smallest absolute Gasteiger partial charge is 0.241 e. The number of ether oxygens (including phenoxy) is 1. The highest BCUT2D eigenvalue weighted by Crippen LogP contribution is 2.26. The molecule has 0 amide bonds. The zero-order chi connectivity index (χ0) is 14.8. The van der Waals surface area contributed by atoms with E-state index < -0.39 is 15.6 Å². The molecule has 6 heteroatoms. The number of nitrogens with one attached hydrogen (secondary N) is 1. The second kappa shape index (κ2) is 6.02. The number of halogens is 1. The lowest BCUT2D eigenvalue weighted by molar-refractivity contribution is 0.0549. The molecule has 1 aliphatic rings. The van der Waals surface area contributed by atoms with Crippen LogP contribution in [0.25, 0.3) is 0 Å². The van der Waals surface area contributed by atoms with Gasteiger partial charge in [0.15, 0.2) is 0 Å². The highest BCUT2D eigenvalue weighted by atomic mass is 35.5. The molecular formula is C14H20ClNO3S. The van der Waals surface area contributed by atoms with E-state index in [4.69, 9.17) is 16.3 Å². The summed E-state index contributed by atoms with van der Waals surface area (Å²) in [6.45, 7) is 4.74. The first-order valence-electron chi connectivity index (χ1n) is 6.63. The Balaban J connectivity index is 2.32. The van der Waals surface area contributed by atoms with Crippen molar-refractivity contribution in [3.63, 3.8) is 0 Å². The van der Waals surface area contributed by atoms with Gasteiger partial charge in [-0.3, -0.25) is 0 Å². The lowest BCUT2D eigenvalue weighted by Gasteiger charge is -2.36. The van der Waals surface area contributed by atoms with Crippen molar-refractivity contribution in [2.45, 2.75) is 37.1 Å². The van der Waals surface area contributed by atoms with E-state index in [0.29, 0.717) is 31.0 Å². The molecule has 0 aromatic heterocycles. The van der Waals surface area contributed by atoms with Crippen LogP contribution in [0.1, 0.15) is 24.0 Å². The fraction of sp³-hybridized carbons (Fsp3) is 0.571. The van der Waals surface area contributed by atoms with Gasteiger partial charge in [-0.1, -0.05) is 12.1 Å². The largest absolute Gasteiger partial charge is 0.381 e. The Labute approximate surface area is 125 Å². The first-order chi connectivity index (χ1) is 9.38. The van der Waals surface area contributed by atoms with Crippen LogP contribution in [0.15, 0.2) is 23.1 Å². The van der Waals surface area contributed by atoms with Crippen LogP contribution in [-0.2, 0) is 14.8 Å². The van der Waals surface area contributed by atoms with Gasteiger partial charge in [-0.25, -0.2) is 13.1 Å². The summed E-state index contributed by atoms with van der Waals surface area (Å²) in [6, 6.07) is 5.42. The summed E-state index contributed by atoms with van der Waals surface area (Å²) in [7, 11) is -3.57. The first-order valence-corrected chi connectivity index (χ1v) is 8.65. The minimum atomic E-state index is -3.57. The molecule has 2 rings (SSSR count). The molecule has 1 N–H and O–H groups in total. The molecule has 0 saturated carbocycles. The lowest BCUT2D eigenvalue weighted by Crippen LogP contribution is -2.53. The van der Waals surface area contributed by atoms with Gasteiger partial charge in [-0.05, 0) is 43.9 Å². The van der Waals surface area contributed by atoms with Crippen LogP contribution in [-0.4, -0.2) is 33.1 Å². The summed E-state index contributed by atoms with van der Waals surface area (Å²) in [5.74, 6) is 0.250. The normalized spacial score (nSPS) is 18.9. The third-order valence-electron chi connectivity index (χ3n) is 3.69. The van der Waals surface area contributed by atoms with Crippen molar-refractivity contribution in [3.05, 3.63) is 29.3 Å². The summed E-state index contributed by atoms with van der Waals surface area (Å²) in [5, 5.41) is 0. The fourth-order valence-corrected chi connectivity index (χ4v) is 4.56. The van der Waals surface area contributed by atoms with Crippen LogP contribution in [0.5, 0.6) is 0 Å². The van der Waals surface area contributed by atoms with Gasteiger partial charge in [0.25, 0.3) is 0 Å². The van der Waals surface area contributed by atoms with Crippen LogP contribution < -0.4 is 4.72 Å². The quantitative estimate of drug-likeness (QED) is 0.867. The predicted octanol–water partition coefficient (Wildman–Crippen LogP) is 2.37. The molecular weight excluding hydrogens is 298 g/mol. The minimum Gasteiger partial charge on any atom is -0.381 e. The van der Waals surface area contributed by atoms with Gasteiger partial charge in [0.1, 0.15) is 0 Å². The maximum absolute atomic E-state index is 12.6. The summed E-state index contributed by atoms with van der Waals surface area (Å²) < 4.78 is 33.4. The number of rotatable bonds is 4. The van der Waals surface area contributed by atoms with Crippen molar-refractivity contribution in [2.24, 2.45) is 0 Å². The van der Waals surface area contributed by atoms with Crippen LogP contribution in [0.3, 0.4) is 0 Å². The van der Waals surface area contributed by atoms with Crippen molar-refractivity contribution in [2.75, 3.05) is 19.1 Å². The van der Waals surface area contributed by atoms with Crippen molar-refractivity contribution < 1.29 is 13.2 Å². The molecule has 0 unspecified atom stereocenters. The summed E-state index contributed by atoms with van der Waals surface area (Å²) in [5.41, 5.74) is 1.05. The van der Waals surface area contributed by atoms with Crippen molar-refractivity contribution >= 4 is 21.6 Å². The first kappa shape index (κ1) is 15.8. The summed E-state index contributed by atoms with van der Waals surface area (Å²) in [4.78, 5) is 0.327. The molecule has 0 aliphatic carbocycles. The number of sulfonamides is 1. The average molecular weight is 318 g/mol. The molecule has 1 saturated heterocycles. The molecule has 0 bridgehead atoms. The van der Waals surface area contributed by atoms with E-state index in [1.165, 1.54) is 0 Å². The van der Waals surface area contributed by atoms with Gasteiger partial charge in [-0.15, -0.1) is 11.6 Å². The average Bonchev–Trinajstić information content (AvgIpc) is 2.42. The highest BCUT2D eigenvalue weighted by molar-refractivity contribution is 7.89. The third-order valence-corrected chi connectivity index (χ3v) is 5.92. The maximum Gasteiger partial charge on any atom is 0.241 e. The van der Waals surface area contributed by atoms with Gasteiger partial charge in [0.2, 0.25) is 10.0 Å². The minimum absolute atomic E-state index is 0.250. The Morgan fingerprint density at radius 1 is 1.30 bits per heavy atom. The van der Waals surface area contributed by atoms with E-state index in [1.807, 2.05) is 19.1 Å². The van der Waals surface area contributed by atoms with E-state index in [0.717, 1.165) is 11.1 Å². The Morgan fingerprint density at radius 3 is 2.55 bits per heavy atom. The molecule has 0 radical (unpaired) electrons. The number of benzene rings is 1. The van der Waals surface area contributed by atoms with Crippen LogP contribution in [0, 0.1) is 13.8 Å². The van der Waals surface area contributed by atoms with Crippen molar-refractivity contribution in [1.82, 2.24) is 4.72 Å². The van der Waals surface area contributed by atoms with Crippen molar-refractivity contribution in [1.29, 1.82) is 0 Å². The maximum atomic E-state index is 12.6. The molecule has 1 aromatic carbocycles. The predicted molar refractivity (Wildman–Crippen MR) is 79.7 cm³/mol. The Hall–Kier alpha value is -0.620. The van der Waals surface area contributed by atoms with Crippen LogP contribution in [0.2, 0.25) is 0 Å². The standard InChI is InChI=1S/C14H20ClNO3S/c1-11-3-4-12(2)13(9-11)20(17,18)16-14(10-15)5-7-19-8-6-14/h3-4,9,16H,5-8,10H2,1-2H3. The van der Waals surface area contributed by atoms with Gasteiger partial charge < -0.3 is 4.74 Å². The van der Waals surface area contributed by atoms with Crippen molar-refractivity contribution in [3.8, 4) is 0 Å². The molecule has 1 aliphatic heterocycles. The Kier molecular flexibility index (Phi) is 4.74. The fourth-order valence-electron chi connectivity index (χ4n) is 2.36. The van der Waals surface area contributed by atoms with E-state index in [-0.39, 0.29) is 5.88 Å². The Morgan fingerprint density at radius 2 is 1.95 bits per heavy atom. The van der Waals surface area contributed by atoms with E-state index in [9.17, 15) is 8.42 Å². The SMILES string of the molecule is Cc1ccc(C)c(S(=O)(=O)NC2(CCl)CCOCC2)c1. The second-order valence-corrected chi connectivity index (χ2v) is 7.32. The van der Waals surface area contributed by atoms with Gasteiger partial charge in [0, 0.05) is 19.1 Å². The Bertz CT molecular complexity index is 580. The highest BCUT2D eigenvalue weighted by Gasteiger charge is 2.36. The topological polar surface area (TPSA) is 55.4 Å². The zero-order valence-electron chi connectivity index (χ0n) is 11.8. The van der Waals surface area contributed by atoms with E-state index in [2.05, 4.69) is 4.72 Å². The molecule has 1 aromatic rings. The molecule has 1 fully saturated rings. The molecule has 20 heavy (non-hydrogen) atoms. The number of hydrogen-bond donors (Lipinski definition) is 1. The summed E-state index contributed by atoms with van der Waals surface area (Å²) >= 11 is 6.02. The molecule has 112 valence electrons. The lowest BCUT2D eigenvalue weighted by atomic mass is 9.94. The third kappa shape index (κ3) is 3.34. The van der Waals surface area contributed by atoms with Gasteiger partial charge in [-0.2, -0.15) is 0 Å². The molecule has 1 heterocycles.